The van der Waals surface area contributed by atoms with Gasteiger partial charge in [0.15, 0.2) is 5.78 Å². The van der Waals surface area contributed by atoms with E-state index < -0.39 is 5.92 Å². The van der Waals surface area contributed by atoms with Gasteiger partial charge in [0.05, 0.1) is 16.3 Å². The van der Waals surface area contributed by atoms with Gasteiger partial charge in [-0.3, -0.25) is 9.59 Å². The molecule has 0 bridgehead atoms. The zero-order valence-corrected chi connectivity index (χ0v) is 16.5. The quantitative estimate of drug-likeness (QED) is 0.652. The van der Waals surface area contributed by atoms with Gasteiger partial charge in [-0.05, 0) is 42.7 Å². The lowest BCUT2D eigenvalue weighted by molar-refractivity contribution is -0.118. The van der Waals surface area contributed by atoms with E-state index in [0.717, 1.165) is 39.7 Å². The highest BCUT2D eigenvalue weighted by atomic mass is 35.5. The summed E-state index contributed by atoms with van der Waals surface area (Å²) in [6, 6.07) is 15.4. The molecule has 1 unspecified atom stereocenters. The Morgan fingerprint density at radius 2 is 1.71 bits per heavy atom. The predicted molar refractivity (Wildman–Crippen MR) is 111 cm³/mol. The van der Waals surface area contributed by atoms with E-state index in [1.54, 1.807) is 0 Å². The van der Waals surface area contributed by atoms with E-state index in [2.05, 4.69) is 10.6 Å². The highest BCUT2D eigenvalue weighted by Gasteiger charge is 2.41. The lowest BCUT2D eigenvalue weighted by atomic mass is 9.75. The number of halogens is 1. The normalized spacial score (nSPS) is 23.8. The molecule has 0 saturated heterocycles. The van der Waals surface area contributed by atoms with Gasteiger partial charge in [-0.15, -0.1) is 0 Å². The summed E-state index contributed by atoms with van der Waals surface area (Å²) < 4.78 is 0. The van der Waals surface area contributed by atoms with E-state index in [9.17, 15) is 9.59 Å². The number of fused-ring (bicyclic) bond motifs is 1. The van der Waals surface area contributed by atoms with Crippen LogP contribution in [0.2, 0.25) is 5.02 Å². The lowest BCUT2D eigenvalue weighted by Crippen LogP contribution is -2.39. The minimum Gasteiger partial charge on any atom is -0.349 e. The van der Waals surface area contributed by atoms with Crippen molar-refractivity contribution >= 4 is 40.7 Å². The van der Waals surface area contributed by atoms with Crippen molar-refractivity contribution in [3.8, 4) is 0 Å². The molecule has 2 aliphatic heterocycles. The minimum absolute atomic E-state index is 0.111. The predicted octanol–water partition coefficient (Wildman–Crippen LogP) is 4.99. The van der Waals surface area contributed by atoms with E-state index in [0.29, 0.717) is 22.6 Å². The zero-order chi connectivity index (χ0) is 19.3. The van der Waals surface area contributed by atoms with E-state index >= 15 is 0 Å². The molecule has 6 heteroatoms. The molecule has 0 radical (unpaired) electrons. The summed E-state index contributed by atoms with van der Waals surface area (Å²) in [4.78, 5) is 27.1. The largest absolute Gasteiger partial charge is 0.349 e. The van der Waals surface area contributed by atoms with Gasteiger partial charge in [-0.1, -0.05) is 47.6 Å². The number of para-hydroxylation sites is 1. The number of hydrogen-bond donors (Lipinski definition) is 2. The standard InChI is InChI=1S/C22H17ClN2O2S/c23-13-10-8-12(9-11-13)18-19-15(5-3-6-16(19)26)24-21(27)20(18)22-25-14-4-1-2-7-17(14)28-22/h1-2,4,7-11,18,25H,3,5-6H2,(H,24,27)/b22-20+. The maximum absolute atomic E-state index is 13.2. The van der Waals surface area contributed by atoms with Crippen molar-refractivity contribution in [2.24, 2.45) is 0 Å². The SMILES string of the molecule is O=C1CCCC2=C1C(c1ccc(Cl)cc1)/C(=C1/Nc3ccccc3S1)C(=O)N2. The highest BCUT2D eigenvalue weighted by Crippen LogP contribution is 2.48. The molecule has 1 amide bonds. The van der Waals surface area contributed by atoms with Crippen LogP contribution in [0.3, 0.4) is 0 Å². The Morgan fingerprint density at radius 3 is 2.50 bits per heavy atom. The topological polar surface area (TPSA) is 58.2 Å². The highest BCUT2D eigenvalue weighted by molar-refractivity contribution is 8.03. The van der Waals surface area contributed by atoms with E-state index in [1.165, 1.54) is 11.8 Å². The van der Waals surface area contributed by atoms with Gasteiger partial charge in [0.2, 0.25) is 0 Å². The van der Waals surface area contributed by atoms with Crippen LogP contribution in [0, 0.1) is 0 Å². The molecule has 0 aromatic heterocycles. The molecule has 2 aromatic rings. The van der Waals surface area contributed by atoms with Crippen molar-refractivity contribution in [2.75, 3.05) is 5.32 Å². The first kappa shape index (κ1) is 17.6. The maximum atomic E-state index is 13.2. The summed E-state index contributed by atoms with van der Waals surface area (Å²) in [6.07, 6.45) is 2.01. The molecule has 1 atom stereocenters. The molecule has 4 nitrogen and oxygen atoms in total. The van der Waals surface area contributed by atoms with Crippen molar-refractivity contribution in [1.82, 2.24) is 5.32 Å². The summed E-state index contributed by atoms with van der Waals surface area (Å²) in [5, 5.41) is 7.78. The molecule has 3 aliphatic rings. The summed E-state index contributed by atoms with van der Waals surface area (Å²) in [5.41, 5.74) is 3.97. The number of ketones is 1. The van der Waals surface area contributed by atoms with Crippen LogP contribution in [-0.2, 0) is 9.59 Å². The number of thioether (sulfide) groups is 1. The number of hydrogen-bond acceptors (Lipinski definition) is 4. The summed E-state index contributed by atoms with van der Waals surface area (Å²) in [5.74, 6) is -0.422. The Morgan fingerprint density at radius 1 is 0.929 bits per heavy atom. The number of allylic oxidation sites excluding steroid dienone is 2. The molecule has 1 aliphatic carbocycles. The van der Waals surface area contributed by atoms with Crippen LogP contribution in [0.15, 0.2) is 75.3 Å². The first-order valence-corrected chi connectivity index (χ1v) is 10.4. The van der Waals surface area contributed by atoms with E-state index in [-0.39, 0.29) is 11.7 Å². The molecule has 0 fully saturated rings. The van der Waals surface area contributed by atoms with Gasteiger partial charge in [-0.2, -0.15) is 0 Å². The summed E-state index contributed by atoms with van der Waals surface area (Å²) in [7, 11) is 0. The molecule has 2 N–H and O–H groups in total. The lowest BCUT2D eigenvalue weighted by Gasteiger charge is -2.33. The monoisotopic (exact) mass is 408 g/mol. The fraction of sp³-hybridized carbons (Fsp3) is 0.182. The van der Waals surface area contributed by atoms with Crippen molar-refractivity contribution in [2.45, 2.75) is 30.1 Å². The molecule has 0 spiro atoms. The second-order valence-corrected chi connectivity index (χ2v) is 8.56. The number of Topliss-reactive ketones (excluding diaryl/α,β-unsaturated/α-hetero) is 1. The third kappa shape index (κ3) is 2.86. The Balaban J connectivity index is 1.70. The molecule has 2 heterocycles. The van der Waals surface area contributed by atoms with Crippen LogP contribution in [0.4, 0.5) is 5.69 Å². The van der Waals surface area contributed by atoms with Crippen LogP contribution in [-0.4, -0.2) is 11.7 Å². The van der Waals surface area contributed by atoms with Crippen molar-refractivity contribution in [3.05, 3.63) is 81.0 Å². The Bertz CT molecular complexity index is 1050. The molecule has 140 valence electrons. The zero-order valence-electron chi connectivity index (χ0n) is 14.9. The average molecular weight is 409 g/mol. The van der Waals surface area contributed by atoms with Gasteiger partial charge < -0.3 is 10.6 Å². The Kier molecular flexibility index (Phi) is 4.29. The van der Waals surface area contributed by atoms with Crippen LogP contribution in [0.25, 0.3) is 0 Å². The number of carbonyl (C=O) groups excluding carboxylic acids is 2. The van der Waals surface area contributed by atoms with E-state index in [4.69, 9.17) is 11.6 Å². The number of rotatable bonds is 1. The van der Waals surface area contributed by atoms with Crippen LogP contribution < -0.4 is 10.6 Å². The first-order valence-electron chi connectivity index (χ1n) is 9.23. The number of benzene rings is 2. The fourth-order valence-electron chi connectivity index (χ4n) is 4.07. The molecular weight excluding hydrogens is 392 g/mol. The summed E-state index contributed by atoms with van der Waals surface area (Å²) in [6.45, 7) is 0. The second kappa shape index (κ2) is 6.83. The first-order chi connectivity index (χ1) is 13.6. The van der Waals surface area contributed by atoms with Gasteiger partial charge in [0.1, 0.15) is 0 Å². The van der Waals surface area contributed by atoms with Gasteiger partial charge in [0.25, 0.3) is 5.91 Å². The number of amides is 1. The Hall–Kier alpha value is -2.50. The molecule has 0 saturated carbocycles. The van der Waals surface area contributed by atoms with Gasteiger partial charge in [-0.25, -0.2) is 0 Å². The molecule has 5 rings (SSSR count). The third-order valence-electron chi connectivity index (χ3n) is 5.34. The number of carbonyl (C=O) groups is 2. The van der Waals surface area contributed by atoms with Crippen LogP contribution in [0.5, 0.6) is 0 Å². The van der Waals surface area contributed by atoms with E-state index in [1.807, 2.05) is 48.5 Å². The minimum atomic E-state index is -0.391. The Labute approximate surface area is 172 Å². The third-order valence-corrected chi connectivity index (χ3v) is 6.69. The van der Waals surface area contributed by atoms with Gasteiger partial charge in [0, 0.05) is 33.5 Å². The van der Waals surface area contributed by atoms with Crippen LogP contribution in [0.1, 0.15) is 30.7 Å². The summed E-state index contributed by atoms with van der Waals surface area (Å²) >= 11 is 7.62. The average Bonchev–Trinajstić information content (AvgIpc) is 3.11. The van der Waals surface area contributed by atoms with Crippen molar-refractivity contribution in [3.63, 3.8) is 0 Å². The van der Waals surface area contributed by atoms with Gasteiger partial charge >= 0.3 is 0 Å². The second-order valence-electron chi connectivity index (χ2n) is 7.07. The molecular formula is C22H17ClN2O2S. The number of nitrogens with one attached hydrogen (secondary N) is 2. The van der Waals surface area contributed by atoms with Crippen molar-refractivity contribution < 1.29 is 9.59 Å². The molecule has 2 aromatic carbocycles. The maximum Gasteiger partial charge on any atom is 0.254 e. The fourth-order valence-corrected chi connectivity index (χ4v) is 5.27. The number of anilines is 1. The van der Waals surface area contributed by atoms with Crippen LogP contribution >= 0.6 is 23.4 Å². The molecule has 28 heavy (non-hydrogen) atoms. The van der Waals surface area contributed by atoms with Crippen molar-refractivity contribution in [1.29, 1.82) is 0 Å². The smallest absolute Gasteiger partial charge is 0.254 e.